The molecule has 0 aromatic heterocycles. The van der Waals surface area contributed by atoms with Gasteiger partial charge in [0.2, 0.25) is 0 Å². The summed E-state index contributed by atoms with van der Waals surface area (Å²) in [6.07, 6.45) is 6.68. The van der Waals surface area contributed by atoms with Gasteiger partial charge in [-0.15, -0.1) is 0 Å². The van der Waals surface area contributed by atoms with Gasteiger partial charge in [0, 0.05) is 11.5 Å². The van der Waals surface area contributed by atoms with Crippen molar-refractivity contribution >= 4 is 11.8 Å². The van der Waals surface area contributed by atoms with Crippen LogP contribution in [0.3, 0.4) is 0 Å². The van der Waals surface area contributed by atoms with Crippen molar-refractivity contribution in [3.05, 3.63) is 0 Å². The molecule has 1 aliphatic rings. The van der Waals surface area contributed by atoms with Crippen molar-refractivity contribution < 1.29 is 9.53 Å². The third-order valence-corrected chi connectivity index (χ3v) is 3.32. The van der Waals surface area contributed by atoms with Gasteiger partial charge in [-0.2, -0.15) is 0 Å². The molecule has 1 fully saturated rings. The van der Waals surface area contributed by atoms with E-state index in [0.29, 0.717) is 18.9 Å². The second-order valence-electron chi connectivity index (χ2n) is 6.30. The Hall–Kier alpha value is -1.06. The lowest BCUT2D eigenvalue weighted by Crippen LogP contribution is -2.44. The van der Waals surface area contributed by atoms with E-state index in [2.05, 4.69) is 35.8 Å². The van der Waals surface area contributed by atoms with Crippen LogP contribution in [0.15, 0.2) is 4.99 Å². The number of nitrogens with zero attached hydrogens (tertiary/aromatic N) is 1. The van der Waals surface area contributed by atoms with Crippen LogP contribution >= 0.6 is 0 Å². The maximum absolute atomic E-state index is 11.1. The maximum Gasteiger partial charge on any atom is 0.307 e. The third kappa shape index (κ3) is 6.60. The number of nitrogens with one attached hydrogen (secondary N) is 1. The van der Waals surface area contributed by atoms with Crippen molar-refractivity contribution in [3.8, 4) is 0 Å². The topological polar surface area (TPSA) is 50.7 Å². The summed E-state index contributed by atoms with van der Waals surface area (Å²) in [5.74, 6) is 1.42. The molecule has 0 radical (unpaired) electrons. The zero-order valence-corrected chi connectivity index (χ0v) is 12.8. The fourth-order valence-corrected chi connectivity index (χ4v) is 2.40. The standard InChI is InChI=1S/C15H28N2O2/c1-15(2,3)17-14(12-8-6-5-7-9-12)16-11-10-13(18)19-4/h12H,5-11H2,1-4H3,(H,16,17). The molecule has 1 aliphatic carbocycles. The van der Waals surface area contributed by atoms with Crippen molar-refractivity contribution in [1.82, 2.24) is 5.32 Å². The molecule has 1 saturated carbocycles. The van der Waals surface area contributed by atoms with E-state index in [-0.39, 0.29) is 11.5 Å². The first-order chi connectivity index (χ1) is 8.92. The minimum Gasteiger partial charge on any atom is -0.469 e. The van der Waals surface area contributed by atoms with Crippen molar-refractivity contribution in [2.75, 3.05) is 13.7 Å². The molecule has 0 saturated heterocycles. The van der Waals surface area contributed by atoms with Gasteiger partial charge in [-0.25, -0.2) is 0 Å². The molecule has 4 heteroatoms. The number of carbonyl (C=O) groups excluding carboxylic acids is 1. The van der Waals surface area contributed by atoms with Crippen LogP contribution in [0, 0.1) is 5.92 Å². The van der Waals surface area contributed by atoms with Crippen LogP contribution in [0.1, 0.15) is 59.3 Å². The average Bonchev–Trinajstić information content (AvgIpc) is 2.37. The molecule has 0 amide bonds. The Labute approximate surface area is 117 Å². The van der Waals surface area contributed by atoms with E-state index in [1.165, 1.54) is 39.2 Å². The van der Waals surface area contributed by atoms with Gasteiger partial charge in [0.1, 0.15) is 0 Å². The average molecular weight is 268 g/mol. The number of aliphatic imine (C=N–C) groups is 1. The van der Waals surface area contributed by atoms with Crippen molar-refractivity contribution in [2.45, 2.75) is 64.8 Å². The highest BCUT2D eigenvalue weighted by molar-refractivity contribution is 5.85. The Bertz CT molecular complexity index is 313. The molecule has 0 unspecified atom stereocenters. The number of amidine groups is 1. The van der Waals surface area contributed by atoms with E-state index in [9.17, 15) is 4.79 Å². The number of rotatable bonds is 4. The Morgan fingerprint density at radius 3 is 2.42 bits per heavy atom. The van der Waals surface area contributed by atoms with Crippen molar-refractivity contribution in [3.63, 3.8) is 0 Å². The van der Waals surface area contributed by atoms with E-state index < -0.39 is 0 Å². The van der Waals surface area contributed by atoms with Crippen LogP contribution in [-0.4, -0.2) is 31.0 Å². The van der Waals surface area contributed by atoms with Gasteiger partial charge in [0.15, 0.2) is 0 Å². The lowest BCUT2D eigenvalue weighted by atomic mass is 9.87. The van der Waals surface area contributed by atoms with Gasteiger partial charge < -0.3 is 10.1 Å². The second-order valence-corrected chi connectivity index (χ2v) is 6.30. The van der Waals surface area contributed by atoms with Crippen molar-refractivity contribution in [2.24, 2.45) is 10.9 Å². The predicted octanol–water partition coefficient (Wildman–Crippen LogP) is 2.92. The van der Waals surface area contributed by atoms with Crippen LogP contribution in [-0.2, 0) is 9.53 Å². The van der Waals surface area contributed by atoms with Crippen LogP contribution in [0.25, 0.3) is 0 Å². The lowest BCUT2D eigenvalue weighted by Gasteiger charge is -2.30. The quantitative estimate of drug-likeness (QED) is 0.484. The number of hydrogen-bond donors (Lipinski definition) is 1. The van der Waals surface area contributed by atoms with Gasteiger partial charge in [0.25, 0.3) is 0 Å². The van der Waals surface area contributed by atoms with Crippen molar-refractivity contribution in [1.29, 1.82) is 0 Å². The molecule has 0 spiro atoms. The van der Waals surface area contributed by atoms with Gasteiger partial charge in [-0.3, -0.25) is 9.79 Å². The Morgan fingerprint density at radius 1 is 1.26 bits per heavy atom. The van der Waals surface area contributed by atoms with Crippen LogP contribution in [0.4, 0.5) is 0 Å². The van der Waals surface area contributed by atoms with E-state index in [0.717, 1.165) is 5.84 Å². The van der Waals surface area contributed by atoms with Gasteiger partial charge in [0.05, 0.1) is 25.9 Å². The fraction of sp³-hybridized carbons (Fsp3) is 0.867. The molecule has 0 heterocycles. The minimum atomic E-state index is -0.192. The van der Waals surface area contributed by atoms with Crippen LogP contribution < -0.4 is 5.32 Å². The molecule has 110 valence electrons. The lowest BCUT2D eigenvalue weighted by molar-refractivity contribution is -0.140. The first kappa shape index (κ1) is 16.0. The van der Waals surface area contributed by atoms with E-state index >= 15 is 0 Å². The van der Waals surface area contributed by atoms with E-state index in [1.54, 1.807) is 0 Å². The third-order valence-electron chi connectivity index (χ3n) is 3.32. The molecule has 4 nitrogen and oxygen atoms in total. The fourth-order valence-electron chi connectivity index (χ4n) is 2.40. The molecule has 19 heavy (non-hydrogen) atoms. The normalized spacial score (nSPS) is 18.2. The zero-order chi connectivity index (χ0) is 14.3. The highest BCUT2D eigenvalue weighted by atomic mass is 16.5. The molecule has 0 aromatic rings. The number of hydrogen-bond acceptors (Lipinski definition) is 3. The summed E-state index contributed by atoms with van der Waals surface area (Å²) in [6.45, 7) is 6.95. The van der Waals surface area contributed by atoms with Crippen LogP contribution in [0.2, 0.25) is 0 Å². The molecule has 0 aromatic carbocycles. The number of ether oxygens (including phenoxy) is 1. The summed E-state index contributed by atoms with van der Waals surface area (Å²) in [7, 11) is 1.42. The largest absolute Gasteiger partial charge is 0.469 e. The highest BCUT2D eigenvalue weighted by Crippen LogP contribution is 2.25. The molecular weight excluding hydrogens is 240 g/mol. The number of methoxy groups -OCH3 is 1. The first-order valence-electron chi connectivity index (χ1n) is 7.32. The van der Waals surface area contributed by atoms with E-state index in [4.69, 9.17) is 0 Å². The Balaban J connectivity index is 2.62. The minimum absolute atomic E-state index is 0.0154. The molecule has 1 N–H and O–H groups in total. The molecule has 1 rings (SSSR count). The Morgan fingerprint density at radius 2 is 1.89 bits per heavy atom. The smallest absolute Gasteiger partial charge is 0.307 e. The van der Waals surface area contributed by atoms with Gasteiger partial charge >= 0.3 is 5.97 Å². The number of carbonyl (C=O) groups is 1. The summed E-state index contributed by atoms with van der Waals surface area (Å²) in [6, 6.07) is 0. The predicted molar refractivity (Wildman–Crippen MR) is 78.4 cm³/mol. The summed E-state index contributed by atoms with van der Waals surface area (Å²) < 4.78 is 4.65. The molecular formula is C15H28N2O2. The first-order valence-corrected chi connectivity index (χ1v) is 7.32. The Kier molecular flexibility index (Phi) is 6.32. The van der Waals surface area contributed by atoms with Gasteiger partial charge in [-0.05, 0) is 33.6 Å². The van der Waals surface area contributed by atoms with Crippen LogP contribution in [0.5, 0.6) is 0 Å². The number of esters is 1. The maximum atomic E-state index is 11.1. The van der Waals surface area contributed by atoms with E-state index in [1.807, 2.05) is 0 Å². The van der Waals surface area contributed by atoms with Gasteiger partial charge in [-0.1, -0.05) is 19.3 Å². The SMILES string of the molecule is COC(=O)CCN=C(NC(C)(C)C)C1CCCCC1. The zero-order valence-electron chi connectivity index (χ0n) is 12.8. The summed E-state index contributed by atoms with van der Waals surface area (Å²) in [5.41, 5.74) is 0.0154. The molecule has 0 bridgehead atoms. The highest BCUT2D eigenvalue weighted by Gasteiger charge is 2.22. The molecule has 0 atom stereocenters. The molecule has 0 aliphatic heterocycles. The summed E-state index contributed by atoms with van der Waals surface area (Å²) in [5, 5.41) is 3.52. The monoisotopic (exact) mass is 268 g/mol. The second kappa shape index (κ2) is 7.51. The summed E-state index contributed by atoms with van der Waals surface area (Å²) >= 11 is 0. The summed E-state index contributed by atoms with van der Waals surface area (Å²) in [4.78, 5) is 15.8.